The van der Waals surface area contributed by atoms with Crippen LogP contribution in [0.25, 0.3) is 0 Å². The molecule has 0 saturated carbocycles. The van der Waals surface area contributed by atoms with Gasteiger partial charge in [-0.1, -0.05) is 29.3 Å². The highest BCUT2D eigenvalue weighted by molar-refractivity contribution is 6.42. The van der Waals surface area contributed by atoms with E-state index in [1.807, 2.05) is 6.07 Å². The maximum absolute atomic E-state index is 10.9. The second-order valence-corrected chi connectivity index (χ2v) is 9.13. The van der Waals surface area contributed by atoms with Gasteiger partial charge >= 0.3 is 5.97 Å². The Morgan fingerprint density at radius 2 is 2.07 bits per heavy atom. The number of benzene rings is 1. The van der Waals surface area contributed by atoms with Gasteiger partial charge in [-0.15, -0.1) is 0 Å². The monoisotopic (exact) mass is 442 g/mol. The number of hydrogen-bond donors (Lipinski definition) is 2. The molecule has 1 aromatic rings. The van der Waals surface area contributed by atoms with Crippen LogP contribution in [0.3, 0.4) is 0 Å². The van der Waals surface area contributed by atoms with Crippen molar-refractivity contribution in [3.05, 3.63) is 33.3 Å². The molecule has 0 spiro atoms. The predicted octanol–water partition coefficient (Wildman–Crippen LogP) is 4.69. The molecule has 1 aromatic carbocycles. The molecule has 2 heterocycles. The summed E-state index contributed by atoms with van der Waals surface area (Å²) in [5.41, 5.74) is 2.44. The minimum absolute atomic E-state index is 0.220. The Hall–Kier alpha value is -0.850. The van der Waals surface area contributed by atoms with Gasteiger partial charge in [-0.25, -0.2) is 0 Å². The lowest BCUT2D eigenvalue weighted by Crippen LogP contribution is -2.35. The van der Waals surface area contributed by atoms with Gasteiger partial charge in [-0.05, 0) is 75.2 Å². The summed E-state index contributed by atoms with van der Waals surface area (Å²) in [5, 5.41) is 13.7. The zero-order valence-electron chi connectivity index (χ0n) is 17.1. The molecule has 3 atom stereocenters. The van der Waals surface area contributed by atoms with Crippen molar-refractivity contribution < 1.29 is 14.6 Å². The Morgan fingerprint density at radius 3 is 2.79 bits per heavy atom. The van der Waals surface area contributed by atoms with E-state index in [4.69, 9.17) is 33.0 Å². The third kappa shape index (κ3) is 6.56. The summed E-state index contributed by atoms with van der Waals surface area (Å²) in [6.07, 6.45) is 5.83. The van der Waals surface area contributed by atoms with Crippen molar-refractivity contribution >= 4 is 29.2 Å². The summed E-state index contributed by atoms with van der Waals surface area (Å²) in [6.45, 7) is 6.50. The Bertz CT molecular complexity index is 701. The van der Waals surface area contributed by atoms with Gasteiger partial charge < -0.3 is 20.1 Å². The number of nitrogens with zero attached hydrogens (tertiary/aromatic N) is 1. The smallest absolute Gasteiger partial charge is 0.303 e. The standard InChI is InChI=1S/C22H32Cl2N2O3/c1-15-6-7-17(29-15)14-26(11-3-5-21(27)28)10-2-4-16-12-25-13-19-18(16)8-9-20(23)22(19)24/h8-9,15-17,25H,2-7,10-14H2,1H3,(H,27,28). The molecule has 0 amide bonds. The molecule has 162 valence electrons. The number of fused-ring (bicyclic) bond motifs is 1. The summed E-state index contributed by atoms with van der Waals surface area (Å²) in [5.74, 6) is -0.298. The van der Waals surface area contributed by atoms with Crippen LogP contribution >= 0.6 is 23.2 Å². The fraction of sp³-hybridized carbons (Fsp3) is 0.682. The zero-order valence-corrected chi connectivity index (χ0v) is 18.6. The van der Waals surface area contributed by atoms with Crippen LogP contribution in [-0.4, -0.2) is 54.4 Å². The Balaban J connectivity index is 1.54. The topological polar surface area (TPSA) is 61.8 Å². The molecule has 0 aromatic heterocycles. The van der Waals surface area contributed by atoms with E-state index in [9.17, 15) is 4.79 Å². The Kier molecular flexibility index (Phi) is 8.63. The molecule has 1 fully saturated rings. The molecule has 3 unspecified atom stereocenters. The van der Waals surface area contributed by atoms with Gasteiger partial charge in [-0.3, -0.25) is 4.79 Å². The molecule has 2 N–H and O–H groups in total. The molecule has 0 radical (unpaired) electrons. The minimum Gasteiger partial charge on any atom is -0.481 e. The summed E-state index contributed by atoms with van der Waals surface area (Å²) < 4.78 is 5.99. The first-order valence-corrected chi connectivity index (χ1v) is 11.5. The van der Waals surface area contributed by atoms with Crippen LogP contribution in [0.1, 0.15) is 62.5 Å². The highest BCUT2D eigenvalue weighted by Crippen LogP contribution is 2.36. The van der Waals surface area contributed by atoms with Gasteiger partial charge in [0, 0.05) is 26.1 Å². The van der Waals surface area contributed by atoms with Crippen LogP contribution < -0.4 is 5.32 Å². The third-order valence-corrected chi connectivity index (χ3v) is 6.88. The fourth-order valence-corrected chi connectivity index (χ4v) is 4.94. The summed E-state index contributed by atoms with van der Waals surface area (Å²) >= 11 is 12.6. The molecule has 3 rings (SSSR count). The van der Waals surface area contributed by atoms with Crippen LogP contribution in [0.5, 0.6) is 0 Å². The normalized spacial score (nSPS) is 24.1. The van der Waals surface area contributed by atoms with Crippen LogP contribution in [0.2, 0.25) is 10.0 Å². The van der Waals surface area contributed by atoms with Crippen molar-refractivity contribution in [3.63, 3.8) is 0 Å². The maximum atomic E-state index is 10.9. The fourth-order valence-electron chi connectivity index (χ4n) is 4.53. The molecule has 29 heavy (non-hydrogen) atoms. The van der Waals surface area contributed by atoms with E-state index in [1.165, 1.54) is 5.56 Å². The maximum Gasteiger partial charge on any atom is 0.303 e. The van der Waals surface area contributed by atoms with Gasteiger partial charge in [-0.2, -0.15) is 0 Å². The van der Waals surface area contributed by atoms with Crippen LogP contribution in [0.4, 0.5) is 0 Å². The van der Waals surface area contributed by atoms with E-state index < -0.39 is 5.97 Å². The van der Waals surface area contributed by atoms with E-state index in [2.05, 4.69) is 23.2 Å². The van der Waals surface area contributed by atoms with E-state index in [1.54, 1.807) is 0 Å². The highest BCUT2D eigenvalue weighted by atomic mass is 35.5. The zero-order chi connectivity index (χ0) is 20.8. The summed E-state index contributed by atoms with van der Waals surface area (Å²) in [7, 11) is 0. The highest BCUT2D eigenvalue weighted by Gasteiger charge is 2.25. The molecule has 0 aliphatic carbocycles. The quantitative estimate of drug-likeness (QED) is 0.549. The number of nitrogens with one attached hydrogen (secondary N) is 1. The number of aliphatic carboxylic acids is 1. The molecule has 2 aliphatic rings. The number of carboxylic acids is 1. The van der Waals surface area contributed by atoms with Crippen LogP contribution in [0, 0.1) is 0 Å². The number of carbonyl (C=O) groups is 1. The average Bonchev–Trinajstić information content (AvgIpc) is 3.09. The lowest BCUT2D eigenvalue weighted by Gasteiger charge is -2.29. The van der Waals surface area contributed by atoms with Crippen molar-refractivity contribution in [1.82, 2.24) is 10.2 Å². The lowest BCUT2D eigenvalue weighted by molar-refractivity contribution is -0.137. The first kappa shape index (κ1) is 22.8. The number of hydrogen-bond acceptors (Lipinski definition) is 4. The van der Waals surface area contributed by atoms with Gasteiger partial charge in [0.1, 0.15) is 0 Å². The minimum atomic E-state index is -0.726. The number of halogens is 2. The van der Waals surface area contributed by atoms with E-state index in [-0.39, 0.29) is 12.5 Å². The van der Waals surface area contributed by atoms with Gasteiger partial charge in [0.2, 0.25) is 0 Å². The number of ether oxygens (including phenoxy) is 1. The van der Waals surface area contributed by atoms with Gasteiger partial charge in [0.05, 0.1) is 22.3 Å². The van der Waals surface area contributed by atoms with E-state index in [0.29, 0.717) is 28.5 Å². The van der Waals surface area contributed by atoms with Crippen molar-refractivity contribution in [2.75, 3.05) is 26.2 Å². The predicted molar refractivity (Wildman–Crippen MR) is 117 cm³/mol. The van der Waals surface area contributed by atoms with E-state index in [0.717, 1.165) is 64.0 Å². The molecular formula is C22H32Cl2N2O3. The molecule has 2 aliphatic heterocycles. The van der Waals surface area contributed by atoms with Gasteiger partial charge in [0.25, 0.3) is 0 Å². The largest absolute Gasteiger partial charge is 0.481 e. The number of rotatable bonds is 10. The Labute approximate surface area is 183 Å². The van der Waals surface area contributed by atoms with E-state index >= 15 is 0 Å². The Morgan fingerprint density at radius 1 is 1.28 bits per heavy atom. The van der Waals surface area contributed by atoms with Crippen molar-refractivity contribution in [2.24, 2.45) is 0 Å². The van der Waals surface area contributed by atoms with Crippen molar-refractivity contribution in [2.45, 2.75) is 70.1 Å². The molecule has 1 saturated heterocycles. The van der Waals surface area contributed by atoms with Crippen LogP contribution in [0.15, 0.2) is 12.1 Å². The van der Waals surface area contributed by atoms with Gasteiger partial charge in [0.15, 0.2) is 0 Å². The molecule has 5 nitrogen and oxygen atoms in total. The van der Waals surface area contributed by atoms with Crippen LogP contribution in [-0.2, 0) is 16.1 Å². The van der Waals surface area contributed by atoms with Crippen molar-refractivity contribution in [1.29, 1.82) is 0 Å². The number of carboxylic acid groups (broad SMARTS) is 1. The summed E-state index contributed by atoms with van der Waals surface area (Å²) in [6, 6.07) is 4.02. The third-order valence-electron chi connectivity index (χ3n) is 6.04. The van der Waals surface area contributed by atoms with Crippen molar-refractivity contribution in [3.8, 4) is 0 Å². The first-order valence-electron chi connectivity index (χ1n) is 10.7. The summed E-state index contributed by atoms with van der Waals surface area (Å²) in [4.78, 5) is 13.3. The average molecular weight is 443 g/mol. The SMILES string of the molecule is CC1CCC(CN(CCCC(=O)O)CCCC2CNCc3c2ccc(Cl)c3Cl)O1. The lowest BCUT2D eigenvalue weighted by atomic mass is 9.87. The molecule has 0 bridgehead atoms. The second kappa shape index (κ2) is 11.0. The first-order chi connectivity index (χ1) is 13.9. The molecule has 7 heteroatoms. The second-order valence-electron chi connectivity index (χ2n) is 8.34. The molecular weight excluding hydrogens is 411 g/mol.